The topological polar surface area (TPSA) is 92.2 Å². The van der Waals surface area contributed by atoms with Crippen LogP contribution in [0.5, 0.6) is 0 Å². The molecule has 6 nitrogen and oxygen atoms in total. The van der Waals surface area contributed by atoms with E-state index in [9.17, 15) is 14.4 Å². The number of carbonyl (C=O) groups is 1. The number of rotatable bonds is 4. The van der Waals surface area contributed by atoms with Gasteiger partial charge >= 0.3 is 11.7 Å². The van der Waals surface area contributed by atoms with Crippen LogP contribution >= 0.6 is 11.8 Å². The fourth-order valence-corrected chi connectivity index (χ4v) is 1.40. The average molecular weight is 230 g/mol. The highest BCUT2D eigenvalue weighted by molar-refractivity contribution is 7.98. The number of aromatic nitrogens is 2. The molecule has 0 fully saturated rings. The second kappa shape index (κ2) is 4.83. The fraction of sp³-hybridized carbons (Fsp3) is 0.375. The molecule has 0 aliphatic carbocycles. The zero-order chi connectivity index (χ0) is 11.4. The third-order valence-corrected chi connectivity index (χ3v) is 2.37. The molecule has 1 aromatic heterocycles. The Balaban J connectivity index is 3.18. The van der Waals surface area contributed by atoms with Crippen molar-refractivity contribution in [2.75, 3.05) is 12.0 Å². The van der Waals surface area contributed by atoms with Crippen LogP contribution in [0, 0.1) is 0 Å². The first-order valence-corrected chi connectivity index (χ1v) is 5.51. The molecular formula is C8H10N2O4S. The van der Waals surface area contributed by atoms with Crippen LogP contribution in [0.25, 0.3) is 0 Å². The van der Waals surface area contributed by atoms with Gasteiger partial charge in [-0.25, -0.2) is 9.59 Å². The van der Waals surface area contributed by atoms with Crippen molar-refractivity contribution < 1.29 is 9.90 Å². The molecule has 0 spiro atoms. The summed E-state index contributed by atoms with van der Waals surface area (Å²) in [6, 6.07) is 0. The van der Waals surface area contributed by atoms with Gasteiger partial charge in [0.2, 0.25) is 0 Å². The Labute approximate surface area is 88.9 Å². The molecule has 0 amide bonds. The van der Waals surface area contributed by atoms with E-state index in [4.69, 9.17) is 5.11 Å². The Bertz CT molecular complexity index is 476. The molecule has 0 radical (unpaired) electrons. The van der Waals surface area contributed by atoms with Gasteiger partial charge in [0.05, 0.1) is 0 Å². The van der Waals surface area contributed by atoms with Crippen LogP contribution in [0.1, 0.15) is 10.4 Å². The minimum atomic E-state index is -1.34. The second-order valence-electron chi connectivity index (χ2n) is 2.79. The van der Waals surface area contributed by atoms with Gasteiger partial charge in [-0.05, 0) is 6.26 Å². The Hall–Kier alpha value is -1.50. The first kappa shape index (κ1) is 11.6. The van der Waals surface area contributed by atoms with Crippen molar-refractivity contribution >= 4 is 17.7 Å². The quantitative estimate of drug-likeness (QED) is 0.734. The van der Waals surface area contributed by atoms with Crippen LogP contribution in [0.3, 0.4) is 0 Å². The normalized spacial score (nSPS) is 10.2. The molecular weight excluding hydrogens is 220 g/mol. The Morgan fingerprint density at radius 3 is 2.80 bits per heavy atom. The van der Waals surface area contributed by atoms with Gasteiger partial charge in [0.15, 0.2) is 0 Å². The van der Waals surface area contributed by atoms with E-state index >= 15 is 0 Å². The van der Waals surface area contributed by atoms with Crippen molar-refractivity contribution in [1.82, 2.24) is 9.55 Å². The van der Waals surface area contributed by atoms with E-state index in [1.165, 1.54) is 16.3 Å². The van der Waals surface area contributed by atoms with E-state index in [2.05, 4.69) is 0 Å². The van der Waals surface area contributed by atoms with Crippen LogP contribution in [-0.2, 0) is 6.54 Å². The van der Waals surface area contributed by atoms with Crippen molar-refractivity contribution in [3.05, 3.63) is 32.6 Å². The lowest BCUT2D eigenvalue weighted by molar-refractivity contribution is 0.0693. The van der Waals surface area contributed by atoms with Crippen LogP contribution in [0.15, 0.2) is 15.8 Å². The van der Waals surface area contributed by atoms with Crippen molar-refractivity contribution in [2.45, 2.75) is 6.54 Å². The summed E-state index contributed by atoms with van der Waals surface area (Å²) in [6.45, 7) is 0.372. The number of carboxylic acids is 1. The van der Waals surface area contributed by atoms with Gasteiger partial charge in [0, 0.05) is 18.5 Å². The maximum Gasteiger partial charge on any atom is 0.342 e. The summed E-state index contributed by atoms with van der Waals surface area (Å²) < 4.78 is 1.18. The number of aromatic carboxylic acids is 1. The summed E-state index contributed by atoms with van der Waals surface area (Å²) in [4.78, 5) is 34.9. The smallest absolute Gasteiger partial charge is 0.342 e. The molecule has 0 atom stereocenters. The molecule has 1 aromatic rings. The van der Waals surface area contributed by atoms with Crippen molar-refractivity contribution in [1.29, 1.82) is 0 Å². The molecule has 2 N–H and O–H groups in total. The van der Waals surface area contributed by atoms with Crippen LogP contribution in [0.2, 0.25) is 0 Å². The maximum atomic E-state index is 11.2. The van der Waals surface area contributed by atoms with Crippen LogP contribution < -0.4 is 11.2 Å². The monoisotopic (exact) mass is 230 g/mol. The van der Waals surface area contributed by atoms with Gasteiger partial charge in [0.25, 0.3) is 5.56 Å². The summed E-state index contributed by atoms with van der Waals surface area (Å²) in [5.41, 5.74) is -1.87. The number of nitrogens with one attached hydrogen (secondary N) is 1. The van der Waals surface area contributed by atoms with Crippen molar-refractivity contribution in [3.8, 4) is 0 Å². The Morgan fingerprint density at radius 1 is 1.60 bits per heavy atom. The molecule has 1 heterocycles. The van der Waals surface area contributed by atoms with E-state index in [0.717, 1.165) is 6.20 Å². The highest BCUT2D eigenvalue weighted by Crippen LogP contribution is 1.94. The summed E-state index contributed by atoms with van der Waals surface area (Å²) in [6.07, 6.45) is 2.94. The standard InChI is InChI=1S/C8H10N2O4S/c1-15-3-2-10-4-5(7(12)13)6(11)9-8(10)14/h4H,2-3H2,1H3,(H,12,13)(H,9,11,14). The number of H-pyrrole nitrogens is 1. The number of hydrogen-bond acceptors (Lipinski definition) is 4. The number of aryl methyl sites for hydroxylation is 1. The average Bonchev–Trinajstić information content (AvgIpc) is 2.16. The van der Waals surface area contributed by atoms with E-state index in [-0.39, 0.29) is 0 Å². The lowest BCUT2D eigenvalue weighted by Crippen LogP contribution is -2.33. The van der Waals surface area contributed by atoms with E-state index in [1.807, 2.05) is 11.2 Å². The predicted molar refractivity (Wildman–Crippen MR) is 56.7 cm³/mol. The predicted octanol–water partition coefficient (Wildman–Crippen LogP) is -0.402. The van der Waals surface area contributed by atoms with E-state index in [0.29, 0.717) is 12.3 Å². The first-order valence-electron chi connectivity index (χ1n) is 4.12. The van der Waals surface area contributed by atoms with Gasteiger partial charge in [-0.15, -0.1) is 0 Å². The van der Waals surface area contributed by atoms with Crippen molar-refractivity contribution in [2.24, 2.45) is 0 Å². The van der Waals surface area contributed by atoms with Crippen molar-refractivity contribution in [3.63, 3.8) is 0 Å². The number of carboxylic acid groups (broad SMARTS) is 1. The minimum absolute atomic E-state index is 0.372. The number of thioether (sulfide) groups is 1. The highest BCUT2D eigenvalue weighted by Gasteiger charge is 2.10. The van der Waals surface area contributed by atoms with E-state index in [1.54, 1.807) is 0 Å². The lowest BCUT2D eigenvalue weighted by atomic mass is 10.3. The molecule has 0 aliphatic heterocycles. The van der Waals surface area contributed by atoms with Gasteiger partial charge < -0.3 is 5.11 Å². The molecule has 0 aromatic carbocycles. The SMILES string of the molecule is CSCCn1cc(C(=O)O)c(=O)[nH]c1=O. The number of hydrogen-bond donors (Lipinski definition) is 2. The fourth-order valence-electron chi connectivity index (χ4n) is 1.02. The summed E-state index contributed by atoms with van der Waals surface area (Å²) in [7, 11) is 0. The molecule has 82 valence electrons. The molecule has 0 unspecified atom stereocenters. The molecule has 1 rings (SSSR count). The summed E-state index contributed by atoms with van der Waals surface area (Å²) in [5.74, 6) is -0.667. The maximum absolute atomic E-state index is 11.2. The third kappa shape index (κ3) is 2.72. The largest absolute Gasteiger partial charge is 0.477 e. The third-order valence-electron chi connectivity index (χ3n) is 1.78. The molecule has 7 heteroatoms. The Morgan fingerprint density at radius 2 is 2.27 bits per heavy atom. The highest BCUT2D eigenvalue weighted by atomic mass is 32.2. The van der Waals surface area contributed by atoms with Crippen LogP contribution in [-0.4, -0.2) is 32.6 Å². The van der Waals surface area contributed by atoms with Crippen LogP contribution in [0.4, 0.5) is 0 Å². The number of aromatic amines is 1. The van der Waals surface area contributed by atoms with Gasteiger partial charge in [0.1, 0.15) is 5.56 Å². The molecule has 0 bridgehead atoms. The second-order valence-corrected chi connectivity index (χ2v) is 3.78. The minimum Gasteiger partial charge on any atom is -0.477 e. The lowest BCUT2D eigenvalue weighted by Gasteiger charge is -2.03. The molecule has 0 saturated heterocycles. The molecule has 15 heavy (non-hydrogen) atoms. The molecule has 0 saturated carbocycles. The number of nitrogens with zero attached hydrogens (tertiary/aromatic N) is 1. The van der Waals surface area contributed by atoms with E-state index < -0.39 is 22.8 Å². The first-order chi connectivity index (χ1) is 7.06. The van der Waals surface area contributed by atoms with Gasteiger partial charge in [-0.2, -0.15) is 11.8 Å². The zero-order valence-corrected chi connectivity index (χ0v) is 8.84. The summed E-state index contributed by atoms with van der Waals surface area (Å²) in [5, 5.41) is 8.67. The summed E-state index contributed by atoms with van der Waals surface area (Å²) >= 11 is 1.52. The zero-order valence-electron chi connectivity index (χ0n) is 8.02. The molecule has 0 aliphatic rings. The van der Waals surface area contributed by atoms with Gasteiger partial charge in [-0.3, -0.25) is 14.3 Å². The van der Waals surface area contributed by atoms with Gasteiger partial charge in [-0.1, -0.05) is 0 Å². The Kier molecular flexibility index (Phi) is 3.73.